The number of hydrogen-bond donors (Lipinski definition) is 0. The molecular weight excluding hydrogens is 332 g/mol. The average Bonchev–Trinajstić information content (AvgIpc) is 3.41. The zero-order valence-corrected chi connectivity index (χ0v) is 14.2. The minimum Gasteiger partial charge on any atom is -0.377 e. The third-order valence-electron chi connectivity index (χ3n) is 5.03. The van der Waals surface area contributed by atoms with Crippen LogP contribution < -0.4 is 0 Å². The summed E-state index contributed by atoms with van der Waals surface area (Å²) < 4.78 is 10.4. The van der Waals surface area contributed by atoms with Gasteiger partial charge >= 0.3 is 0 Å². The van der Waals surface area contributed by atoms with Crippen LogP contribution in [0.25, 0.3) is 10.9 Å². The summed E-state index contributed by atoms with van der Waals surface area (Å²) in [6.07, 6.45) is 3.56. The maximum Gasteiger partial charge on any atom is 0.255 e. The minimum absolute atomic E-state index is 0.0383. The van der Waals surface area contributed by atoms with Crippen LogP contribution in [0.1, 0.15) is 46.7 Å². The van der Waals surface area contributed by atoms with E-state index in [0.29, 0.717) is 37.1 Å². The molecule has 132 valence electrons. The number of ether oxygens (including phenoxy) is 1. The molecule has 2 fully saturated rings. The van der Waals surface area contributed by atoms with Crippen molar-refractivity contribution in [1.82, 2.24) is 20.0 Å². The molecule has 0 unspecified atom stereocenters. The summed E-state index contributed by atoms with van der Waals surface area (Å²) in [4.78, 5) is 24.1. The SMILES string of the molecule is O=C(c1cc(C2CC2)nc2ccccc12)N1CCOC[C@H]1c1ncon1. The van der Waals surface area contributed by atoms with Crippen molar-refractivity contribution in [2.45, 2.75) is 24.8 Å². The highest BCUT2D eigenvalue weighted by molar-refractivity contribution is 6.06. The first-order chi connectivity index (χ1) is 12.8. The molecule has 7 heteroatoms. The molecule has 5 rings (SSSR count). The Morgan fingerprint density at radius 1 is 1.23 bits per heavy atom. The molecule has 1 amide bonds. The van der Waals surface area contributed by atoms with E-state index < -0.39 is 0 Å². The van der Waals surface area contributed by atoms with Crippen molar-refractivity contribution in [3.8, 4) is 0 Å². The minimum atomic E-state index is -0.341. The summed E-state index contributed by atoms with van der Waals surface area (Å²) in [5, 5.41) is 4.79. The van der Waals surface area contributed by atoms with Gasteiger partial charge in [0.1, 0.15) is 6.04 Å². The Labute approximate surface area is 150 Å². The fourth-order valence-corrected chi connectivity index (χ4v) is 3.50. The number of benzene rings is 1. The van der Waals surface area contributed by atoms with Gasteiger partial charge in [-0.05, 0) is 25.0 Å². The number of aromatic nitrogens is 3. The van der Waals surface area contributed by atoms with E-state index in [4.69, 9.17) is 14.2 Å². The number of carbonyl (C=O) groups is 1. The van der Waals surface area contributed by atoms with Crippen LogP contribution >= 0.6 is 0 Å². The van der Waals surface area contributed by atoms with Crippen LogP contribution in [0, 0.1) is 0 Å². The molecule has 0 bridgehead atoms. The zero-order chi connectivity index (χ0) is 17.5. The Bertz CT molecular complexity index is 953. The second-order valence-corrected chi connectivity index (χ2v) is 6.76. The molecule has 0 spiro atoms. The molecule has 1 atom stereocenters. The van der Waals surface area contributed by atoms with Crippen molar-refractivity contribution >= 4 is 16.8 Å². The molecule has 1 aromatic carbocycles. The first-order valence-corrected chi connectivity index (χ1v) is 8.86. The fraction of sp³-hybridized carbons (Fsp3) is 0.368. The lowest BCUT2D eigenvalue weighted by Crippen LogP contribution is -2.44. The molecule has 26 heavy (non-hydrogen) atoms. The van der Waals surface area contributed by atoms with E-state index in [1.807, 2.05) is 30.3 Å². The van der Waals surface area contributed by atoms with E-state index in [9.17, 15) is 4.79 Å². The molecule has 1 aliphatic heterocycles. The average molecular weight is 350 g/mol. The first kappa shape index (κ1) is 15.5. The number of amides is 1. The van der Waals surface area contributed by atoms with Crippen LogP contribution in [-0.2, 0) is 4.74 Å². The lowest BCUT2D eigenvalue weighted by atomic mass is 10.0. The van der Waals surface area contributed by atoms with Crippen molar-refractivity contribution in [2.75, 3.05) is 19.8 Å². The third-order valence-corrected chi connectivity index (χ3v) is 5.03. The van der Waals surface area contributed by atoms with Crippen LogP contribution in [0.4, 0.5) is 0 Å². The Kier molecular flexibility index (Phi) is 3.67. The molecule has 1 saturated carbocycles. The molecule has 3 heterocycles. The van der Waals surface area contributed by atoms with Crippen molar-refractivity contribution in [1.29, 1.82) is 0 Å². The summed E-state index contributed by atoms with van der Waals surface area (Å²) in [7, 11) is 0. The molecule has 1 aliphatic carbocycles. The Balaban J connectivity index is 1.58. The topological polar surface area (TPSA) is 81.4 Å². The highest BCUT2D eigenvalue weighted by atomic mass is 16.5. The van der Waals surface area contributed by atoms with Crippen LogP contribution in [-0.4, -0.2) is 45.7 Å². The van der Waals surface area contributed by atoms with Gasteiger partial charge in [-0.1, -0.05) is 23.4 Å². The van der Waals surface area contributed by atoms with E-state index in [1.54, 1.807) is 4.90 Å². The number of carbonyl (C=O) groups excluding carboxylic acids is 1. The summed E-state index contributed by atoms with van der Waals surface area (Å²) >= 11 is 0. The molecule has 2 aliphatic rings. The fourth-order valence-electron chi connectivity index (χ4n) is 3.50. The summed E-state index contributed by atoms with van der Waals surface area (Å²) in [5.74, 6) is 0.909. The molecule has 7 nitrogen and oxygen atoms in total. The Morgan fingerprint density at radius 3 is 2.92 bits per heavy atom. The zero-order valence-electron chi connectivity index (χ0n) is 14.2. The van der Waals surface area contributed by atoms with E-state index in [0.717, 1.165) is 29.4 Å². The lowest BCUT2D eigenvalue weighted by molar-refractivity contribution is -0.00567. The largest absolute Gasteiger partial charge is 0.377 e. The number of rotatable bonds is 3. The standard InChI is InChI=1S/C19H18N4O3/c24-19(23-7-8-25-10-17(23)18-20-11-26-22-18)14-9-16(12-5-6-12)21-15-4-2-1-3-13(14)15/h1-4,9,11-12,17H,5-8,10H2/t17-/m0/s1. The van der Waals surface area contributed by atoms with Crippen molar-refractivity contribution in [2.24, 2.45) is 0 Å². The van der Waals surface area contributed by atoms with E-state index in [-0.39, 0.29) is 11.9 Å². The van der Waals surface area contributed by atoms with E-state index in [1.165, 1.54) is 6.39 Å². The van der Waals surface area contributed by atoms with Gasteiger partial charge in [0.25, 0.3) is 5.91 Å². The molecule has 0 radical (unpaired) electrons. The highest BCUT2D eigenvalue weighted by Gasteiger charge is 2.34. The molecule has 2 aromatic heterocycles. The van der Waals surface area contributed by atoms with Gasteiger partial charge in [-0.25, -0.2) is 0 Å². The summed E-state index contributed by atoms with van der Waals surface area (Å²) in [5.41, 5.74) is 2.56. The third kappa shape index (κ3) is 2.64. The van der Waals surface area contributed by atoms with Crippen LogP contribution in [0.3, 0.4) is 0 Å². The van der Waals surface area contributed by atoms with E-state index >= 15 is 0 Å². The number of para-hydroxylation sites is 1. The number of morpholine rings is 1. The van der Waals surface area contributed by atoms with Gasteiger partial charge in [-0.2, -0.15) is 4.98 Å². The second kappa shape index (κ2) is 6.17. The monoisotopic (exact) mass is 350 g/mol. The van der Waals surface area contributed by atoms with Gasteiger partial charge in [0, 0.05) is 23.5 Å². The van der Waals surface area contributed by atoms with Crippen molar-refractivity contribution in [3.05, 3.63) is 53.8 Å². The maximum atomic E-state index is 13.5. The molecular formula is C19H18N4O3. The lowest BCUT2D eigenvalue weighted by Gasteiger charge is -2.34. The molecule has 0 N–H and O–H groups in total. The molecule has 1 saturated heterocycles. The van der Waals surface area contributed by atoms with E-state index in [2.05, 4.69) is 10.1 Å². The first-order valence-electron chi connectivity index (χ1n) is 8.86. The maximum absolute atomic E-state index is 13.5. The Hall–Kier alpha value is -2.80. The number of nitrogens with zero attached hydrogens (tertiary/aromatic N) is 4. The predicted molar refractivity (Wildman–Crippen MR) is 92.6 cm³/mol. The van der Waals surface area contributed by atoms with Gasteiger partial charge in [-0.3, -0.25) is 9.78 Å². The number of fused-ring (bicyclic) bond motifs is 1. The van der Waals surface area contributed by atoms with Gasteiger partial charge in [-0.15, -0.1) is 0 Å². The number of pyridine rings is 1. The van der Waals surface area contributed by atoms with Crippen LogP contribution in [0.2, 0.25) is 0 Å². The summed E-state index contributed by atoms with van der Waals surface area (Å²) in [6, 6.07) is 9.44. The van der Waals surface area contributed by atoms with Gasteiger partial charge in [0.05, 0.1) is 24.3 Å². The van der Waals surface area contributed by atoms with Crippen molar-refractivity contribution in [3.63, 3.8) is 0 Å². The van der Waals surface area contributed by atoms with Gasteiger partial charge in [0.2, 0.25) is 6.39 Å². The van der Waals surface area contributed by atoms with Crippen molar-refractivity contribution < 1.29 is 14.1 Å². The van der Waals surface area contributed by atoms with Gasteiger partial charge < -0.3 is 14.2 Å². The molecule has 3 aromatic rings. The second-order valence-electron chi connectivity index (χ2n) is 6.76. The van der Waals surface area contributed by atoms with Crippen LogP contribution in [0.5, 0.6) is 0 Å². The number of hydrogen-bond acceptors (Lipinski definition) is 6. The smallest absolute Gasteiger partial charge is 0.255 e. The summed E-state index contributed by atoms with van der Waals surface area (Å²) in [6.45, 7) is 1.36. The Morgan fingerprint density at radius 2 is 2.12 bits per heavy atom. The highest BCUT2D eigenvalue weighted by Crippen LogP contribution is 2.40. The normalized spacial score (nSPS) is 20.5. The van der Waals surface area contributed by atoms with Crippen LogP contribution in [0.15, 0.2) is 41.2 Å². The van der Waals surface area contributed by atoms with Gasteiger partial charge in [0.15, 0.2) is 5.82 Å². The quantitative estimate of drug-likeness (QED) is 0.722. The predicted octanol–water partition coefficient (Wildman–Crippen LogP) is 2.71.